The molecule has 2 N–H and O–H groups in total. The van der Waals surface area contributed by atoms with Crippen molar-refractivity contribution in [3.63, 3.8) is 0 Å². The molecule has 0 radical (unpaired) electrons. The maximum Gasteiger partial charge on any atom is 0.407 e. The van der Waals surface area contributed by atoms with E-state index in [0.717, 1.165) is 22.3 Å². The first-order valence-electron chi connectivity index (χ1n) is 8.10. The van der Waals surface area contributed by atoms with Crippen molar-refractivity contribution in [2.24, 2.45) is 0 Å². The van der Waals surface area contributed by atoms with E-state index in [4.69, 9.17) is 9.84 Å². The van der Waals surface area contributed by atoms with E-state index in [1.807, 2.05) is 53.8 Å². The van der Waals surface area contributed by atoms with E-state index in [1.54, 1.807) is 0 Å². The van der Waals surface area contributed by atoms with Crippen LogP contribution in [0.2, 0.25) is 0 Å². The molecule has 3 rings (SSSR count). The molecule has 5 nitrogen and oxygen atoms in total. The minimum atomic E-state index is -2.84. The second-order valence-corrected chi connectivity index (χ2v) is 5.99. The summed E-state index contributed by atoms with van der Waals surface area (Å²) >= 11 is 0. The normalized spacial score (nSPS) is 13.8. The number of nitrogens with one attached hydrogen (secondary N) is 1. The van der Waals surface area contributed by atoms with Gasteiger partial charge in [0.15, 0.2) is 0 Å². The van der Waals surface area contributed by atoms with Crippen LogP contribution < -0.4 is 5.32 Å². The molecule has 1 aliphatic rings. The molecule has 136 valence electrons. The minimum Gasteiger partial charge on any atom is -0.480 e. The number of fused-ring (bicyclic) bond motifs is 3. The van der Waals surface area contributed by atoms with Crippen LogP contribution in [0, 0.1) is 0 Å². The minimum absolute atomic E-state index is 0.0130. The molecule has 0 unspecified atom stereocenters. The third kappa shape index (κ3) is 3.66. The van der Waals surface area contributed by atoms with Gasteiger partial charge in [-0.25, -0.2) is 18.4 Å². The first-order chi connectivity index (χ1) is 12.5. The van der Waals surface area contributed by atoms with E-state index in [-0.39, 0.29) is 12.5 Å². The van der Waals surface area contributed by atoms with Crippen molar-refractivity contribution >= 4 is 12.1 Å². The zero-order chi connectivity index (χ0) is 18.7. The van der Waals surface area contributed by atoms with E-state index in [2.05, 4.69) is 0 Å². The maximum absolute atomic E-state index is 12.4. The molecule has 0 heterocycles. The van der Waals surface area contributed by atoms with Crippen LogP contribution in [0.1, 0.15) is 23.5 Å². The van der Waals surface area contributed by atoms with Crippen LogP contribution in [0.25, 0.3) is 11.1 Å². The van der Waals surface area contributed by atoms with Gasteiger partial charge in [0.1, 0.15) is 12.6 Å². The number of carboxylic acids is 1. The van der Waals surface area contributed by atoms with E-state index in [1.165, 1.54) is 0 Å². The Morgan fingerprint density at radius 1 is 1.04 bits per heavy atom. The van der Waals surface area contributed by atoms with E-state index >= 15 is 0 Å². The monoisotopic (exact) mass is 361 g/mol. The zero-order valence-electron chi connectivity index (χ0n) is 13.7. The fourth-order valence-electron chi connectivity index (χ4n) is 3.18. The highest BCUT2D eigenvalue weighted by atomic mass is 19.3. The summed E-state index contributed by atoms with van der Waals surface area (Å²) in [5, 5.41) is 10.9. The van der Waals surface area contributed by atoms with Gasteiger partial charge in [0.25, 0.3) is 0 Å². The van der Waals surface area contributed by atoms with Crippen molar-refractivity contribution < 1.29 is 28.2 Å². The molecule has 0 saturated carbocycles. The van der Waals surface area contributed by atoms with Crippen molar-refractivity contribution in [1.29, 1.82) is 0 Å². The number of benzene rings is 2. The molecule has 2 aromatic carbocycles. The summed E-state index contributed by atoms with van der Waals surface area (Å²) in [4.78, 5) is 22.8. The maximum atomic E-state index is 12.4. The van der Waals surface area contributed by atoms with Gasteiger partial charge >= 0.3 is 12.1 Å². The van der Waals surface area contributed by atoms with Crippen LogP contribution in [0.3, 0.4) is 0 Å². The highest BCUT2D eigenvalue weighted by Crippen LogP contribution is 2.44. The lowest BCUT2D eigenvalue weighted by atomic mass is 9.98. The molecular weight excluding hydrogens is 344 g/mol. The topological polar surface area (TPSA) is 75.6 Å². The van der Waals surface area contributed by atoms with Crippen molar-refractivity contribution in [3.05, 3.63) is 59.7 Å². The van der Waals surface area contributed by atoms with Gasteiger partial charge in [-0.05, 0) is 22.3 Å². The highest BCUT2D eigenvalue weighted by Gasteiger charge is 2.30. The Balaban J connectivity index is 1.70. The molecule has 0 saturated heterocycles. The predicted molar refractivity (Wildman–Crippen MR) is 90.2 cm³/mol. The molecule has 1 aliphatic carbocycles. The molecule has 0 bridgehead atoms. The van der Waals surface area contributed by atoms with Gasteiger partial charge in [-0.2, -0.15) is 0 Å². The Kier molecular flexibility index (Phi) is 5.16. The lowest BCUT2D eigenvalue weighted by molar-refractivity contribution is -0.140. The Morgan fingerprint density at radius 3 is 2.08 bits per heavy atom. The van der Waals surface area contributed by atoms with Crippen molar-refractivity contribution in [2.75, 3.05) is 6.61 Å². The molecule has 7 heteroatoms. The number of alkyl halides is 2. The molecule has 0 spiro atoms. The summed E-state index contributed by atoms with van der Waals surface area (Å²) in [5.74, 6) is -1.72. The molecule has 0 aromatic heterocycles. The first kappa shape index (κ1) is 17.8. The number of halogens is 2. The van der Waals surface area contributed by atoms with Gasteiger partial charge in [0, 0.05) is 12.3 Å². The van der Waals surface area contributed by atoms with Gasteiger partial charge < -0.3 is 15.2 Å². The number of alkyl carbamates (subject to hydrolysis) is 1. The third-order valence-electron chi connectivity index (χ3n) is 4.35. The van der Waals surface area contributed by atoms with Crippen molar-refractivity contribution in [1.82, 2.24) is 5.32 Å². The van der Waals surface area contributed by atoms with Gasteiger partial charge in [-0.1, -0.05) is 48.5 Å². The lowest BCUT2D eigenvalue weighted by Gasteiger charge is -2.17. The quantitative estimate of drug-likeness (QED) is 0.824. The molecular formula is C19H17F2NO4. The SMILES string of the molecule is O=C(N[C@@H](CC(F)F)C(=O)O)OCC1c2ccccc2-c2ccccc21. The van der Waals surface area contributed by atoms with Crippen LogP contribution in [-0.2, 0) is 9.53 Å². The van der Waals surface area contributed by atoms with Gasteiger partial charge in [0.2, 0.25) is 6.43 Å². The number of hydrogen-bond donors (Lipinski definition) is 2. The van der Waals surface area contributed by atoms with E-state index < -0.39 is 31.0 Å². The van der Waals surface area contributed by atoms with Gasteiger partial charge in [-0.15, -0.1) is 0 Å². The number of carbonyl (C=O) groups is 2. The van der Waals surface area contributed by atoms with Crippen LogP contribution in [0.5, 0.6) is 0 Å². The number of ether oxygens (including phenoxy) is 1. The van der Waals surface area contributed by atoms with E-state index in [9.17, 15) is 18.4 Å². The van der Waals surface area contributed by atoms with Crippen LogP contribution >= 0.6 is 0 Å². The molecule has 0 aliphatic heterocycles. The summed E-state index contributed by atoms with van der Waals surface area (Å²) in [5.41, 5.74) is 4.11. The Hall–Kier alpha value is -2.96. The Bertz CT molecular complexity index is 779. The number of amides is 1. The van der Waals surface area contributed by atoms with Gasteiger partial charge in [-0.3, -0.25) is 0 Å². The smallest absolute Gasteiger partial charge is 0.407 e. The summed E-state index contributed by atoms with van der Waals surface area (Å²) in [6.45, 7) is -0.0130. The number of aliphatic carboxylic acids is 1. The fourth-order valence-corrected chi connectivity index (χ4v) is 3.18. The average molecular weight is 361 g/mol. The molecule has 1 amide bonds. The third-order valence-corrected chi connectivity index (χ3v) is 4.35. The summed E-state index contributed by atoms with van der Waals surface area (Å²) < 4.78 is 29.9. The van der Waals surface area contributed by atoms with Crippen LogP contribution in [0.4, 0.5) is 13.6 Å². The van der Waals surface area contributed by atoms with Crippen molar-refractivity contribution in [2.45, 2.75) is 24.8 Å². The summed E-state index contributed by atoms with van der Waals surface area (Å²) in [7, 11) is 0. The number of hydrogen-bond acceptors (Lipinski definition) is 3. The Labute approximate surface area is 148 Å². The molecule has 1 atom stereocenters. The highest BCUT2D eigenvalue weighted by molar-refractivity contribution is 5.81. The zero-order valence-corrected chi connectivity index (χ0v) is 13.7. The average Bonchev–Trinajstić information content (AvgIpc) is 2.93. The fraction of sp³-hybridized carbons (Fsp3) is 0.263. The van der Waals surface area contributed by atoms with Gasteiger partial charge in [0.05, 0.1) is 0 Å². The molecule has 0 fully saturated rings. The first-order valence-corrected chi connectivity index (χ1v) is 8.10. The lowest BCUT2D eigenvalue weighted by Crippen LogP contribution is -2.42. The Morgan fingerprint density at radius 2 is 1.58 bits per heavy atom. The van der Waals surface area contributed by atoms with E-state index in [0.29, 0.717) is 0 Å². The predicted octanol–water partition coefficient (Wildman–Crippen LogP) is 3.63. The van der Waals surface area contributed by atoms with Crippen molar-refractivity contribution in [3.8, 4) is 11.1 Å². The second kappa shape index (κ2) is 7.51. The largest absolute Gasteiger partial charge is 0.480 e. The number of carbonyl (C=O) groups excluding carboxylic acids is 1. The second-order valence-electron chi connectivity index (χ2n) is 5.99. The number of carboxylic acid groups (broad SMARTS) is 1. The number of rotatable bonds is 6. The van der Waals surface area contributed by atoms with Crippen LogP contribution in [-0.4, -0.2) is 36.2 Å². The standard InChI is InChI=1S/C19H17F2NO4/c20-17(21)9-16(18(23)24)22-19(25)26-10-15-13-7-3-1-5-11(13)12-6-2-4-8-14(12)15/h1-8,15-17H,9-10H2,(H,22,25)(H,23,24)/t16-/m0/s1. The van der Waals surface area contributed by atoms with Crippen LogP contribution in [0.15, 0.2) is 48.5 Å². The molecule has 26 heavy (non-hydrogen) atoms. The molecule has 2 aromatic rings. The summed E-state index contributed by atoms with van der Waals surface area (Å²) in [6, 6.07) is 13.8. The summed E-state index contributed by atoms with van der Waals surface area (Å²) in [6.07, 6.45) is -4.84.